The molecule has 1 aromatic carbocycles. The van der Waals surface area contributed by atoms with Crippen molar-refractivity contribution in [2.45, 2.75) is 38.6 Å². The van der Waals surface area contributed by atoms with Crippen LogP contribution in [0, 0.1) is 11.8 Å². The maximum Gasteiger partial charge on any atom is 0.0460 e. The van der Waals surface area contributed by atoms with Gasteiger partial charge >= 0.3 is 0 Å². The number of piperidine rings is 1. The SMILES string of the molecule is OCC1CCN(Cc2ccccc2NCC2CC=CCC2)CC1. The zero-order valence-corrected chi connectivity index (χ0v) is 14.1. The summed E-state index contributed by atoms with van der Waals surface area (Å²) < 4.78 is 0. The number of rotatable bonds is 6. The molecule has 1 aliphatic heterocycles. The molecule has 1 unspecified atom stereocenters. The maximum absolute atomic E-state index is 9.27. The van der Waals surface area contributed by atoms with E-state index in [2.05, 4.69) is 46.6 Å². The fraction of sp³-hybridized carbons (Fsp3) is 0.600. The number of aliphatic hydroxyl groups excluding tert-OH is 1. The molecule has 3 nitrogen and oxygen atoms in total. The Labute approximate surface area is 140 Å². The number of hydrogen-bond donors (Lipinski definition) is 2. The first-order valence-electron chi connectivity index (χ1n) is 9.15. The molecule has 23 heavy (non-hydrogen) atoms. The first kappa shape index (κ1) is 16.5. The largest absolute Gasteiger partial charge is 0.396 e. The Morgan fingerprint density at radius 2 is 1.87 bits per heavy atom. The molecule has 1 aliphatic carbocycles. The smallest absolute Gasteiger partial charge is 0.0460 e. The second kappa shape index (κ2) is 8.51. The Hall–Kier alpha value is -1.32. The molecule has 1 heterocycles. The van der Waals surface area contributed by atoms with Crippen LogP contribution in [0.4, 0.5) is 5.69 Å². The zero-order valence-electron chi connectivity index (χ0n) is 14.1. The highest BCUT2D eigenvalue weighted by Crippen LogP contribution is 2.24. The van der Waals surface area contributed by atoms with E-state index in [1.807, 2.05) is 0 Å². The molecule has 0 radical (unpaired) electrons. The highest BCUT2D eigenvalue weighted by atomic mass is 16.3. The van der Waals surface area contributed by atoms with Crippen molar-refractivity contribution >= 4 is 5.69 Å². The van der Waals surface area contributed by atoms with E-state index in [1.54, 1.807) is 0 Å². The summed E-state index contributed by atoms with van der Waals surface area (Å²) in [4.78, 5) is 2.52. The number of nitrogens with zero attached hydrogens (tertiary/aromatic N) is 1. The summed E-state index contributed by atoms with van der Waals surface area (Å²) in [6, 6.07) is 8.74. The second-order valence-corrected chi connectivity index (χ2v) is 7.09. The van der Waals surface area contributed by atoms with E-state index < -0.39 is 0 Å². The lowest BCUT2D eigenvalue weighted by atomic mass is 9.94. The Kier molecular flexibility index (Phi) is 6.12. The normalized spacial score (nSPS) is 23.1. The predicted molar refractivity (Wildman–Crippen MR) is 96.5 cm³/mol. The lowest BCUT2D eigenvalue weighted by Gasteiger charge is -2.31. The van der Waals surface area contributed by atoms with Gasteiger partial charge in [0.1, 0.15) is 0 Å². The number of allylic oxidation sites excluding steroid dienone is 2. The van der Waals surface area contributed by atoms with Gasteiger partial charge in [-0.15, -0.1) is 0 Å². The molecule has 0 amide bonds. The van der Waals surface area contributed by atoms with Gasteiger partial charge in [0.25, 0.3) is 0 Å². The van der Waals surface area contributed by atoms with Crippen molar-refractivity contribution in [3.8, 4) is 0 Å². The Morgan fingerprint density at radius 1 is 1.04 bits per heavy atom. The van der Waals surface area contributed by atoms with E-state index in [4.69, 9.17) is 0 Å². The van der Waals surface area contributed by atoms with Gasteiger partial charge in [-0.1, -0.05) is 30.4 Å². The minimum atomic E-state index is 0.349. The van der Waals surface area contributed by atoms with Crippen molar-refractivity contribution < 1.29 is 5.11 Å². The molecule has 0 spiro atoms. The van der Waals surface area contributed by atoms with Gasteiger partial charge < -0.3 is 10.4 Å². The van der Waals surface area contributed by atoms with Crippen LogP contribution in [0.5, 0.6) is 0 Å². The standard InChI is InChI=1S/C20H30N2O/c23-16-18-10-12-22(13-11-18)15-19-8-4-5-9-20(19)21-14-17-6-2-1-3-7-17/h1-2,4-5,8-9,17-18,21,23H,3,6-7,10-16H2. The summed E-state index contributed by atoms with van der Waals surface area (Å²) >= 11 is 0. The van der Waals surface area contributed by atoms with Crippen molar-refractivity contribution in [1.29, 1.82) is 0 Å². The van der Waals surface area contributed by atoms with Gasteiger partial charge in [-0.05, 0) is 68.7 Å². The molecule has 0 bridgehead atoms. The average molecular weight is 314 g/mol. The molecule has 126 valence electrons. The van der Waals surface area contributed by atoms with Crippen LogP contribution in [0.2, 0.25) is 0 Å². The van der Waals surface area contributed by atoms with Crippen molar-refractivity contribution in [3.63, 3.8) is 0 Å². The minimum absolute atomic E-state index is 0.349. The van der Waals surface area contributed by atoms with Crippen molar-refractivity contribution in [2.24, 2.45) is 11.8 Å². The van der Waals surface area contributed by atoms with Crippen LogP contribution in [0.1, 0.15) is 37.7 Å². The number of aliphatic hydroxyl groups is 1. The van der Waals surface area contributed by atoms with Gasteiger partial charge in [0.15, 0.2) is 0 Å². The van der Waals surface area contributed by atoms with Crippen LogP contribution >= 0.6 is 0 Å². The molecule has 1 atom stereocenters. The van der Waals surface area contributed by atoms with E-state index >= 15 is 0 Å². The summed E-state index contributed by atoms with van der Waals surface area (Å²) in [5.41, 5.74) is 2.70. The number of likely N-dealkylation sites (tertiary alicyclic amines) is 1. The fourth-order valence-electron chi connectivity index (χ4n) is 3.69. The van der Waals surface area contributed by atoms with Crippen LogP contribution in [-0.2, 0) is 6.54 Å². The molecular formula is C20H30N2O. The first-order chi connectivity index (χ1) is 11.3. The van der Waals surface area contributed by atoms with Gasteiger partial charge in [-0.25, -0.2) is 0 Å². The average Bonchev–Trinajstić information content (AvgIpc) is 2.62. The van der Waals surface area contributed by atoms with Gasteiger partial charge in [0.05, 0.1) is 0 Å². The van der Waals surface area contributed by atoms with Crippen LogP contribution < -0.4 is 5.32 Å². The highest BCUT2D eigenvalue weighted by Gasteiger charge is 2.19. The lowest BCUT2D eigenvalue weighted by molar-refractivity contribution is 0.127. The molecule has 1 aromatic rings. The van der Waals surface area contributed by atoms with Gasteiger partial charge in [-0.3, -0.25) is 4.90 Å². The molecule has 2 aliphatic rings. The maximum atomic E-state index is 9.27. The third kappa shape index (κ3) is 4.82. The summed E-state index contributed by atoms with van der Waals surface area (Å²) in [5.74, 6) is 1.28. The quantitative estimate of drug-likeness (QED) is 0.787. The van der Waals surface area contributed by atoms with Crippen LogP contribution in [-0.4, -0.2) is 36.2 Å². The number of para-hydroxylation sites is 1. The molecule has 1 saturated heterocycles. The molecule has 3 heteroatoms. The van der Waals surface area contributed by atoms with Crippen LogP contribution in [0.3, 0.4) is 0 Å². The Balaban J connectivity index is 1.54. The third-order valence-corrected chi connectivity index (χ3v) is 5.34. The predicted octanol–water partition coefficient (Wildman–Crippen LogP) is 3.66. The van der Waals surface area contributed by atoms with E-state index in [-0.39, 0.29) is 0 Å². The van der Waals surface area contributed by atoms with Gasteiger partial charge in [-0.2, -0.15) is 0 Å². The van der Waals surface area contributed by atoms with Crippen molar-refractivity contribution in [3.05, 3.63) is 42.0 Å². The minimum Gasteiger partial charge on any atom is -0.396 e. The van der Waals surface area contributed by atoms with Crippen LogP contribution in [0.25, 0.3) is 0 Å². The highest BCUT2D eigenvalue weighted by molar-refractivity contribution is 5.51. The summed E-state index contributed by atoms with van der Waals surface area (Å²) in [5, 5.41) is 13.0. The molecule has 0 saturated carbocycles. The van der Waals surface area contributed by atoms with E-state index in [1.165, 1.54) is 30.5 Å². The van der Waals surface area contributed by atoms with Crippen LogP contribution in [0.15, 0.2) is 36.4 Å². The number of benzene rings is 1. The number of nitrogens with one attached hydrogen (secondary N) is 1. The van der Waals surface area contributed by atoms with Crippen molar-refractivity contribution in [1.82, 2.24) is 4.90 Å². The molecule has 1 fully saturated rings. The summed E-state index contributed by atoms with van der Waals surface area (Å²) in [7, 11) is 0. The summed E-state index contributed by atoms with van der Waals surface area (Å²) in [6.45, 7) is 4.65. The lowest BCUT2D eigenvalue weighted by Crippen LogP contribution is -2.34. The second-order valence-electron chi connectivity index (χ2n) is 7.09. The van der Waals surface area contributed by atoms with E-state index in [0.29, 0.717) is 12.5 Å². The Bertz CT molecular complexity index is 506. The van der Waals surface area contributed by atoms with Crippen molar-refractivity contribution in [2.75, 3.05) is 31.6 Å². The number of anilines is 1. The van der Waals surface area contributed by atoms with Gasteiger partial charge in [0, 0.05) is 25.4 Å². The first-order valence-corrected chi connectivity index (χ1v) is 9.15. The monoisotopic (exact) mass is 314 g/mol. The topological polar surface area (TPSA) is 35.5 Å². The molecule has 3 rings (SSSR count). The number of hydrogen-bond acceptors (Lipinski definition) is 3. The fourth-order valence-corrected chi connectivity index (χ4v) is 3.69. The summed E-state index contributed by atoms with van der Waals surface area (Å²) in [6.07, 6.45) is 10.6. The van der Waals surface area contributed by atoms with Gasteiger partial charge in [0.2, 0.25) is 0 Å². The molecule has 0 aromatic heterocycles. The molecule has 2 N–H and O–H groups in total. The zero-order chi connectivity index (χ0) is 15.9. The Morgan fingerprint density at radius 3 is 2.61 bits per heavy atom. The van der Waals surface area contributed by atoms with E-state index in [9.17, 15) is 5.11 Å². The molecular weight excluding hydrogens is 284 g/mol. The van der Waals surface area contributed by atoms with E-state index in [0.717, 1.165) is 44.9 Å². The third-order valence-electron chi connectivity index (χ3n) is 5.34.